The number of rotatable bonds is 6. The number of nitrogens with one attached hydrogen (secondary N) is 1. The van der Waals surface area contributed by atoms with Crippen LogP contribution in [0.3, 0.4) is 0 Å². The first kappa shape index (κ1) is 22.9. The number of fused-ring (bicyclic) bond motifs is 1. The highest BCUT2D eigenvalue weighted by atomic mass is 32.2. The van der Waals surface area contributed by atoms with Gasteiger partial charge in [0.25, 0.3) is 0 Å². The molecular weight excluding hydrogens is 430 g/mol. The maximum absolute atomic E-state index is 12.8. The van der Waals surface area contributed by atoms with E-state index in [0.29, 0.717) is 12.2 Å². The highest BCUT2D eigenvalue weighted by Crippen LogP contribution is 2.34. The van der Waals surface area contributed by atoms with Crippen molar-refractivity contribution < 1.29 is 9.53 Å². The number of hydrogen-bond donors (Lipinski definition) is 1. The van der Waals surface area contributed by atoms with E-state index in [9.17, 15) is 4.79 Å². The van der Waals surface area contributed by atoms with E-state index in [1.165, 1.54) is 16.3 Å². The van der Waals surface area contributed by atoms with Crippen LogP contribution < -0.4 is 10.2 Å². The number of carbonyl (C=O) groups is 1. The Kier molecular flexibility index (Phi) is 7.04. The summed E-state index contributed by atoms with van der Waals surface area (Å²) in [6.07, 6.45) is 0. The van der Waals surface area contributed by atoms with E-state index in [2.05, 4.69) is 47.8 Å². The summed E-state index contributed by atoms with van der Waals surface area (Å²) < 4.78 is 5.36. The number of benzene rings is 3. The van der Waals surface area contributed by atoms with E-state index in [4.69, 9.17) is 9.73 Å². The highest BCUT2D eigenvalue weighted by Gasteiger charge is 2.30. The molecule has 3 aromatic rings. The van der Waals surface area contributed by atoms with Gasteiger partial charge in [0, 0.05) is 31.2 Å². The summed E-state index contributed by atoms with van der Waals surface area (Å²) in [6.45, 7) is 4.06. The molecule has 0 amide bonds. The van der Waals surface area contributed by atoms with Crippen LogP contribution in [0.1, 0.15) is 31.0 Å². The van der Waals surface area contributed by atoms with E-state index in [1.54, 1.807) is 11.8 Å². The van der Waals surface area contributed by atoms with E-state index in [1.807, 2.05) is 57.1 Å². The summed E-state index contributed by atoms with van der Waals surface area (Å²) in [5.41, 5.74) is 4.66. The minimum absolute atomic E-state index is 0.328. The highest BCUT2D eigenvalue weighted by molar-refractivity contribution is 8.13. The van der Waals surface area contributed by atoms with E-state index >= 15 is 0 Å². The standard InChI is InChI=1S/C27H29N3O2S/c1-5-32-26(31)24-18(2)28-27(29-25(24)20-13-15-22(16-14-20)30(3)4)33-17-21-11-8-10-19-9-6-7-12-23(19)21/h6-16,25H,5,17H2,1-4H3,(H,28,29)/t25-/m0/s1. The molecule has 0 spiro atoms. The van der Waals surface area contributed by atoms with Gasteiger partial charge in [-0.25, -0.2) is 9.79 Å². The van der Waals surface area contributed by atoms with Gasteiger partial charge in [-0.1, -0.05) is 66.4 Å². The molecule has 3 aromatic carbocycles. The molecule has 0 saturated heterocycles. The molecule has 0 bridgehead atoms. The Bertz CT molecular complexity index is 1210. The molecule has 0 fully saturated rings. The van der Waals surface area contributed by atoms with Gasteiger partial charge >= 0.3 is 5.97 Å². The van der Waals surface area contributed by atoms with Crippen molar-refractivity contribution in [3.8, 4) is 0 Å². The number of anilines is 1. The van der Waals surface area contributed by atoms with Gasteiger partial charge < -0.3 is 15.0 Å². The summed E-state index contributed by atoms with van der Waals surface area (Å²) >= 11 is 1.65. The van der Waals surface area contributed by atoms with Crippen LogP contribution in [0.2, 0.25) is 0 Å². The maximum atomic E-state index is 12.8. The maximum Gasteiger partial charge on any atom is 0.338 e. The molecule has 1 N–H and O–H groups in total. The van der Waals surface area contributed by atoms with Gasteiger partial charge in [0.05, 0.1) is 12.2 Å². The molecule has 5 nitrogen and oxygen atoms in total. The molecule has 0 saturated carbocycles. The number of carbonyl (C=O) groups excluding carboxylic acids is 1. The number of nitrogens with zero attached hydrogens (tertiary/aromatic N) is 2. The number of allylic oxidation sites excluding steroid dienone is 1. The van der Waals surface area contributed by atoms with Crippen molar-refractivity contribution in [1.82, 2.24) is 5.32 Å². The smallest absolute Gasteiger partial charge is 0.338 e. The van der Waals surface area contributed by atoms with Crippen LogP contribution >= 0.6 is 11.8 Å². The van der Waals surface area contributed by atoms with Crippen molar-refractivity contribution >= 4 is 39.4 Å². The first-order valence-corrected chi connectivity index (χ1v) is 12.1. The molecule has 6 heteroatoms. The second-order valence-electron chi connectivity index (χ2n) is 8.13. The molecule has 0 aromatic heterocycles. The molecule has 1 aliphatic rings. The minimum atomic E-state index is -0.406. The Morgan fingerprint density at radius 3 is 2.52 bits per heavy atom. The van der Waals surface area contributed by atoms with Gasteiger partial charge in [0.1, 0.15) is 6.04 Å². The third-order valence-corrected chi connectivity index (χ3v) is 6.62. The average Bonchev–Trinajstić information content (AvgIpc) is 2.82. The molecule has 1 atom stereocenters. The SMILES string of the molecule is CCOC(=O)C1=C(C)NC(SCc2cccc3ccccc23)=N[C@H]1c1ccc(N(C)C)cc1. The summed E-state index contributed by atoms with van der Waals surface area (Å²) in [7, 11) is 4.02. The second kappa shape index (κ2) is 10.1. The van der Waals surface area contributed by atoms with Crippen LogP contribution in [0, 0.1) is 0 Å². The summed E-state index contributed by atoms with van der Waals surface area (Å²) in [4.78, 5) is 19.8. The Labute approximate surface area is 199 Å². The van der Waals surface area contributed by atoms with Gasteiger partial charge in [-0.15, -0.1) is 0 Å². The lowest BCUT2D eigenvalue weighted by molar-refractivity contribution is -0.138. The lowest BCUT2D eigenvalue weighted by Crippen LogP contribution is -2.30. The third kappa shape index (κ3) is 5.06. The Hall–Kier alpha value is -3.25. The second-order valence-corrected chi connectivity index (χ2v) is 9.10. The topological polar surface area (TPSA) is 53.9 Å². The predicted molar refractivity (Wildman–Crippen MR) is 139 cm³/mol. The number of aliphatic imine (C=N–C) groups is 1. The quantitative estimate of drug-likeness (QED) is 0.481. The van der Waals surface area contributed by atoms with E-state index in [-0.39, 0.29) is 5.97 Å². The van der Waals surface area contributed by atoms with Crippen LogP contribution in [0.5, 0.6) is 0 Å². The number of amidine groups is 1. The number of thioether (sulfide) groups is 1. The Morgan fingerprint density at radius 1 is 1.06 bits per heavy atom. The molecule has 4 rings (SSSR count). The minimum Gasteiger partial charge on any atom is -0.463 e. The molecule has 170 valence electrons. The van der Waals surface area contributed by atoms with Crippen LogP contribution in [-0.2, 0) is 15.3 Å². The van der Waals surface area contributed by atoms with Crippen LogP contribution in [-0.4, -0.2) is 31.8 Å². The largest absolute Gasteiger partial charge is 0.463 e. The van der Waals surface area contributed by atoms with Crippen molar-refractivity contribution in [2.45, 2.75) is 25.6 Å². The zero-order valence-corrected chi connectivity index (χ0v) is 20.3. The lowest BCUT2D eigenvalue weighted by Gasteiger charge is -2.26. The number of ether oxygens (including phenoxy) is 1. The van der Waals surface area contributed by atoms with Gasteiger partial charge in [-0.2, -0.15) is 0 Å². The zero-order chi connectivity index (χ0) is 23.4. The fraction of sp³-hybridized carbons (Fsp3) is 0.259. The van der Waals surface area contributed by atoms with Gasteiger partial charge in [-0.3, -0.25) is 0 Å². The molecule has 0 unspecified atom stereocenters. The number of hydrogen-bond acceptors (Lipinski definition) is 6. The molecule has 0 radical (unpaired) electrons. The Morgan fingerprint density at radius 2 is 1.79 bits per heavy atom. The fourth-order valence-electron chi connectivity index (χ4n) is 3.95. The fourth-order valence-corrected chi connectivity index (χ4v) is 4.90. The molecule has 0 aliphatic carbocycles. The molecule has 33 heavy (non-hydrogen) atoms. The van der Waals surface area contributed by atoms with Crippen molar-refractivity contribution in [3.63, 3.8) is 0 Å². The van der Waals surface area contributed by atoms with Crippen molar-refractivity contribution in [2.24, 2.45) is 4.99 Å². The predicted octanol–water partition coefficient (Wildman–Crippen LogP) is 5.68. The summed E-state index contributed by atoms with van der Waals surface area (Å²) in [5.74, 6) is 0.452. The number of esters is 1. The normalized spacial score (nSPS) is 15.8. The van der Waals surface area contributed by atoms with Crippen LogP contribution in [0.4, 0.5) is 5.69 Å². The van der Waals surface area contributed by atoms with Gasteiger partial charge in [0.2, 0.25) is 0 Å². The first-order valence-electron chi connectivity index (χ1n) is 11.1. The molecule has 1 heterocycles. The van der Waals surface area contributed by atoms with E-state index < -0.39 is 6.04 Å². The Balaban J connectivity index is 1.63. The van der Waals surface area contributed by atoms with Crippen LogP contribution in [0.25, 0.3) is 10.8 Å². The molecular formula is C27H29N3O2S. The van der Waals surface area contributed by atoms with Gasteiger partial charge in [-0.05, 0) is 47.9 Å². The first-order chi connectivity index (χ1) is 16.0. The monoisotopic (exact) mass is 459 g/mol. The summed E-state index contributed by atoms with van der Waals surface area (Å²) in [5, 5.41) is 6.62. The lowest BCUT2D eigenvalue weighted by atomic mass is 9.96. The summed E-state index contributed by atoms with van der Waals surface area (Å²) in [6, 6.07) is 22.6. The average molecular weight is 460 g/mol. The third-order valence-electron chi connectivity index (χ3n) is 5.68. The van der Waals surface area contributed by atoms with Crippen LogP contribution in [0.15, 0.2) is 83.0 Å². The molecule has 1 aliphatic heterocycles. The zero-order valence-electron chi connectivity index (χ0n) is 19.5. The van der Waals surface area contributed by atoms with Crippen molar-refractivity contribution in [1.29, 1.82) is 0 Å². The van der Waals surface area contributed by atoms with Crippen molar-refractivity contribution in [3.05, 3.63) is 89.1 Å². The van der Waals surface area contributed by atoms with Gasteiger partial charge in [0.15, 0.2) is 5.17 Å². The van der Waals surface area contributed by atoms with Crippen molar-refractivity contribution in [2.75, 3.05) is 25.6 Å². The van der Waals surface area contributed by atoms with E-state index in [0.717, 1.165) is 27.9 Å².